The molecule has 3 nitrogen and oxygen atoms in total. The first-order valence-electron chi connectivity index (χ1n) is 13.0. The van der Waals surface area contributed by atoms with E-state index in [1.54, 1.807) is 0 Å². The number of hydrogen-bond acceptors (Lipinski definition) is 3. The number of esters is 1. The van der Waals surface area contributed by atoms with Crippen LogP contribution in [0.1, 0.15) is 103 Å². The lowest BCUT2D eigenvalue weighted by atomic mass is 9.51. The summed E-state index contributed by atoms with van der Waals surface area (Å²) in [5, 5.41) is 0. The molecule has 0 heterocycles. The van der Waals surface area contributed by atoms with Gasteiger partial charge in [0.05, 0.1) is 0 Å². The summed E-state index contributed by atoms with van der Waals surface area (Å²) in [5.74, 6) is 3.91. The fourth-order valence-electron chi connectivity index (χ4n) is 8.62. The van der Waals surface area contributed by atoms with Gasteiger partial charge in [0.25, 0.3) is 0 Å². The molecule has 0 amide bonds. The monoisotopic (exact) mass is 412 g/mol. The summed E-state index contributed by atoms with van der Waals surface area (Å²) in [4.78, 5) is 24.8. The standard InChI is InChI=1S/C27H40O3/c1-2-27-15-14-22-21-11-9-20(28)17-19(21)8-10-23(22)24(27)12-13-25(27)30-26(29)16-18-6-4-3-5-7-18/h17-18,21-25H,2-16H2,1H3/t21-,22+,23+,24-,25-,27-/m0/s1. The molecule has 0 aliphatic heterocycles. The van der Waals surface area contributed by atoms with Gasteiger partial charge in [-0.2, -0.15) is 0 Å². The molecule has 30 heavy (non-hydrogen) atoms. The Morgan fingerprint density at radius 1 is 1.00 bits per heavy atom. The summed E-state index contributed by atoms with van der Waals surface area (Å²) < 4.78 is 6.28. The highest BCUT2D eigenvalue weighted by Gasteiger charge is 2.58. The Kier molecular flexibility index (Phi) is 5.84. The van der Waals surface area contributed by atoms with Crippen molar-refractivity contribution in [2.24, 2.45) is 35.0 Å². The van der Waals surface area contributed by atoms with Crippen LogP contribution >= 0.6 is 0 Å². The van der Waals surface area contributed by atoms with Gasteiger partial charge in [-0.25, -0.2) is 0 Å². The molecule has 0 saturated heterocycles. The highest BCUT2D eigenvalue weighted by Crippen LogP contribution is 2.63. The van der Waals surface area contributed by atoms with Crippen LogP contribution in [0.25, 0.3) is 0 Å². The minimum absolute atomic E-state index is 0.0853. The van der Waals surface area contributed by atoms with Crippen molar-refractivity contribution < 1.29 is 14.3 Å². The van der Waals surface area contributed by atoms with Crippen molar-refractivity contribution in [3.05, 3.63) is 11.6 Å². The first kappa shape index (κ1) is 20.8. The van der Waals surface area contributed by atoms with Crippen molar-refractivity contribution in [1.82, 2.24) is 0 Å². The lowest BCUT2D eigenvalue weighted by molar-refractivity contribution is -0.162. The van der Waals surface area contributed by atoms with Crippen LogP contribution in [0, 0.1) is 35.0 Å². The summed E-state index contributed by atoms with van der Waals surface area (Å²) in [5.41, 5.74) is 1.68. The fraction of sp³-hybridized carbons (Fsp3) is 0.852. The number of ether oxygens (including phenoxy) is 1. The topological polar surface area (TPSA) is 43.4 Å². The van der Waals surface area contributed by atoms with Crippen molar-refractivity contribution in [1.29, 1.82) is 0 Å². The minimum atomic E-state index is 0.0853. The first-order chi connectivity index (χ1) is 14.6. The van der Waals surface area contributed by atoms with Gasteiger partial charge in [-0.1, -0.05) is 31.8 Å². The third-order valence-electron chi connectivity index (χ3n) is 10.0. The number of allylic oxidation sites excluding steroid dienone is 1. The largest absolute Gasteiger partial charge is 0.462 e. The average Bonchev–Trinajstić information content (AvgIpc) is 3.12. The number of ketones is 1. The van der Waals surface area contributed by atoms with Crippen molar-refractivity contribution in [2.75, 3.05) is 0 Å². The molecule has 6 atom stereocenters. The summed E-state index contributed by atoms with van der Waals surface area (Å²) in [6.45, 7) is 2.34. The first-order valence-corrected chi connectivity index (χ1v) is 13.0. The Labute approximate surface area is 182 Å². The van der Waals surface area contributed by atoms with E-state index in [9.17, 15) is 9.59 Å². The van der Waals surface area contributed by atoms with Crippen LogP contribution in [0.4, 0.5) is 0 Å². The molecule has 0 N–H and O–H groups in total. The normalized spacial score (nSPS) is 41.4. The van der Waals surface area contributed by atoms with Gasteiger partial charge >= 0.3 is 5.97 Å². The van der Waals surface area contributed by atoms with Gasteiger partial charge in [-0.15, -0.1) is 0 Å². The van der Waals surface area contributed by atoms with Crippen molar-refractivity contribution in [3.8, 4) is 0 Å². The molecule has 166 valence electrons. The zero-order chi connectivity index (χ0) is 20.7. The lowest BCUT2D eigenvalue weighted by Gasteiger charge is -2.54. The molecule has 0 radical (unpaired) electrons. The van der Waals surface area contributed by atoms with E-state index in [0.717, 1.165) is 43.9 Å². The Bertz CT molecular complexity index is 703. The zero-order valence-electron chi connectivity index (χ0n) is 18.9. The molecular weight excluding hydrogens is 372 g/mol. The van der Waals surface area contributed by atoms with Gasteiger partial charge in [-0.3, -0.25) is 9.59 Å². The number of rotatable bonds is 4. The van der Waals surface area contributed by atoms with E-state index in [1.807, 2.05) is 6.08 Å². The SMILES string of the molecule is CC[C@]12CC[C@H]3[C@@H](CCC4=CC(=O)CC[C@@H]43)[C@@H]1CC[C@@H]2OC(=O)CC1CCCCC1. The molecule has 5 rings (SSSR count). The Morgan fingerprint density at radius 2 is 1.83 bits per heavy atom. The predicted octanol–water partition coefficient (Wildman–Crippen LogP) is 6.40. The molecule has 4 fully saturated rings. The molecule has 0 aromatic carbocycles. The average molecular weight is 413 g/mol. The molecule has 0 unspecified atom stereocenters. The van der Waals surface area contributed by atoms with E-state index in [4.69, 9.17) is 4.74 Å². The minimum Gasteiger partial charge on any atom is -0.462 e. The van der Waals surface area contributed by atoms with Crippen LogP contribution < -0.4 is 0 Å². The quantitative estimate of drug-likeness (QED) is 0.502. The highest BCUT2D eigenvalue weighted by molar-refractivity contribution is 5.91. The van der Waals surface area contributed by atoms with Crippen LogP contribution in [0.15, 0.2) is 11.6 Å². The van der Waals surface area contributed by atoms with Gasteiger partial charge in [0.2, 0.25) is 0 Å². The summed E-state index contributed by atoms with van der Waals surface area (Å²) >= 11 is 0. The maximum atomic E-state index is 12.8. The van der Waals surface area contributed by atoms with Gasteiger partial charge in [0.15, 0.2) is 5.78 Å². The molecule has 0 aromatic heterocycles. The van der Waals surface area contributed by atoms with E-state index >= 15 is 0 Å². The molecule has 5 aliphatic carbocycles. The van der Waals surface area contributed by atoms with E-state index in [1.165, 1.54) is 63.4 Å². The van der Waals surface area contributed by atoms with Crippen molar-refractivity contribution in [3.63, 3.8) is 0 Å². The van der Waals surface area contributed by atoms with Crippen LogP contribution in [-0.2, 0) is 14.3 Å². The molecular formula is C27H40O3. The van der Waals surface area contributed by atoms with E-state index < -0.39 is 0 Å². The maximum Gasteiger partial charge on any atom is 0.306 e. The second-order valence-corrected chi connectivity index (χ2v) is 11.2. The number of fused-ring (bicyclic) bond motifs is 5. The molecule has 3 heteroatoms. The molecule has 0 bridgehead atoms. The Morgan fingerprint density at radius 3 is 2.63 bits per heavy atom. The predicted molar refractivity (Wildman–Crippen MR) is 118 cm³/mol. The fourth-order valence-corrected chi connectivity index (χ4v) is 8.62. The number of carbonyl (C=O) groups is 2. The van der Waals surface area contributed by atoms with E-state index in [-0.39, 0.29) is 17.5 Å². The van der Waals surface area contributed by atoms with Gasteiger partial charge < -0.3 is 4.74 Å². The maximum absolute atomic E-state index is 12.8. The van der Waals surface area contributed by atoms with Crippen LogP contribution in [0.3, 0.4) is 0 Å². The number of carbonyl (C=O) groups excluding carboxylic acids is 2. The zero-order valence-corrected chi connectivity index (χ0v) is 18.9. The summed E-state index contributed by atoms with van der Waals surface area (Å²) in [6, 6.07) is 0. The van der Waals surface area contributed by atoms with Gasteiger partial charge in [-0.05, 0) is 99.9 Å². The van der Waals surface area contributed by atoms with Gasteiger partial charge in [0, 0.05) is 18.3 Å². The second-order valence-electron chi connectivity index (χ2n) is 11.2. The number of hydrogen-bond donors (Lipinski definition) is 0. The smallest absolute Gasteiger partial charge is 0.306 e. The van der Waals surface area contributed by atoms with Gasteiger partial charge in [0.1, 0.15) is 6.10 Å². The Balaban J connectivity index is 1.28. The molecule has 0 aromatic rings. The lowest BCUT2D eigenvalue weighted by Crippen LogP contribution is -2.49. The highest BCUT2D eigenvalue weighted by atomic mass is 16.5. The molecule has 4 saturated carbocycles. The van der Waals surface area contributed by atoms with Crippen molar-refractivity contribution in [2.45, 2.75) is 109 Å². The third kappa shape index (κ3) is 3.58. The van der Waals surface area contributed by atoms with Crippen LogP contribution in [-0.4, -0.2) is 17.9 Å². The van der Waals surface area contributed by atoms with E-state index in [0.29, 0.717) is 30.0 Å². The van der Waals surface area contributed by atoms with Crippen LogP contribution in [0.2, 0.25) is 0 Å². The third-order valence-corrected chi connectivity index (χ3v) is 10.0. The van der Waals surface area contributed by atoms with Crippen LogP contribution in [0.5, 0.6) is 0 Å². The molecule has 0 spiro atoms. The second kappa shape index (κ2) is 8.43. The Hall–Kier alpha value is -1.12. The van der Waals surface area contributed by atoms with E-state index in [2.05, 4.69) is 6.92 Å². The molecule has 5 aliphatic rings. The summed E-state index contributed by atoms with van der Waals surface area (Å²) in [7, 11) is 0. The van der Waals surface area contributed by atoms with Crippen molar-refractivity contribution >= 4 is 11.8 Å². The summed E-state index contributed by atoms with van der Waals surface area (Å²) in [6.07, 6.45) is 19.3.